The molecule has 0 amide bonds. The van der Waals surface area contributed by atoms with Crippen LogP contribution in [0.2, 0.25) is 0 Å². The second kappa shape index (κ2) is 5.99. The van der Waals surface area contributed by atoms with Crippen molar-refractivity contribution >= 4 is 5.82 Å². The van der Waals surface area contributed by atoms with Gasteiger partial charge in [-0.25, -0.2) is 23.1 Å². The minimum absolute atomic E-state index is 0.0727. The summed E-state index contributed by atoms with van der Waals surface area (Å²) >= 11 is 0. The molecular formula is C14H14F3N3O. The Morgan fingerprint density at radius 3 is 2.57 bits per heavy atom. The van der Waals surface area contributed by atoms with Gasteiger partial charge >= 0.3 is 0 Å². The molecule has 0 bridgehead atoms. The van der Waals surface area contributed by atoms with Crippen LogP contribution in [0.1, 0.15) is 36.3 Å². The van der Waals surface area contributed by atoms with E-state index in [1.165, 1.54) is 18.3 Å². The van der Waals surface area contributed by atoms with Crippen molar-refractivity contribution in [2.75, 3.05) is 5.32 Å². The van der Waals surface area contributed by atoms with Crippen LogP contribution in [-0.4, -0.2) is 15.1 Å². The third-order valence-electron chi connectivity index (χ3n) is 3.00. The van der Waals surface area contributed by atoms with Gasteiger partial charge in [0.1, 0.15) is 11.6 Å². The summed E-state index contributed by atoms with van der Waals surface area (Å²) in [4.78, 5) is 7.78. The van der Waals surface area contributed by atoms with E-state index in [-0.39, 0.29) is 17.1 Å². The van der Waals surface area contributed by atoms with Gasteiger partial charge in [-0.1, -0.05) is 18.2 Å². The fourth-order valence-corrected chi connectivity index (χ4v) is 1.92. The lowest BCUT2D eigenvalue weighted by molar-refractivity contribution is 0.146. The number of rotatable bonds is 4. The van der Waals surface area contributed by atoms with Gasteiger partial charge in [0.05, 0.1) is 17.8 Å². The molecule has 1 atom stereocenters. The smallest absolute Gasteiger partial charge is 0.266 e. The van der Waals surface area contributed by atoms with Crippen molar-refractivity contribution < 1.29 is 18.3 Å². The maximum Gasteiger partial charge on any atom is 0.266 e. The standard InChI is InChI=1S/C14H14F3N3O/c1-7(19-14-11(21)6-18-8(2)20-14)9-4-3-5-10(12(9)15)13(16)17/h3-7,13,21H,1-2H3,(H,18,19,20)/t7-/m1/s1. The molecule has 0 aliphatic carbocycles. The summed E-state index contributed by atoms with van der Waals surface area (Å²) in [5.41, 5.74) is -0.576. The van der Waals surface area contributed by atoms with Crippen LogP contribution in [0.3, 0.4) is 0 Å². The number of aromatic nitrogens is 2. The second-order valence-corrected chi connectivity index (χ2v) is 4.57. The zero-order valence-corrected chi connectivity index (χ0v) is 11.4. The van der Waals surface area contributed by atoms with Crippen molar-refractivity contribution in [1.82, 2.24) is 9.97 Å². The van der Waals surface area contributed by atoms with E-state index < -0.39 is 23.8 Å². The van der Waals surface area contributed by atoms with Crippen LogP contribution in [0.4, 0.5) is 19.0 Å². The Labute approximate surface area is 119 Å². The highest BCUT2D eigenvalue weighted by molar-refractivity contribution is 5.49. The van der Waals surface area contributed by atoms with Crippen molar-refractivity contribution in [1.29, 1.82) is 0 Å². The van der Waals surface area contributed by atoms with E-state index in [9.17, 15) is 18.3 Å². The van der Waals surface area contributed by atoms with Crippen molar-refractivity contribution in [2.45, 2.75) is 26.3 Å². The first-order valence-electron chi connectivity index (χ1n) is 6.25. The Morgan fingerprint density at radius 2 is 1.90 bits per heavy atom. The van der Waals surface area contributed by atoms with Crippen molar-refractivity contribution in [2.24, 2.45) is 0 Å². The van der Waals surface area contributed by atoms with E-state index in [2.05, 4.69) is 15.3 Å². The van der Waals surface area contributed by atoms with Crippen LogP contribution >= 0.6 is 0 Å². The fourth-order valence-electron chi connectivity index (χ4n) is 1.92. The average Bonchev–Trinajstić information content (AvgIpc) is 2.42. The zero-order chi connectivity index (χ0) is 15.6. The largest absolute Gasteiger partial charge is 0.503 e. The van der Waals surface area contributed by atoms with Crippen molar-refractivity contribution in [3.05, 3.63) is 47.2 Å². The molecule has 1 aromatic heterocycles. The lowest BCUT2D eigenvalue weighted by Crippen LogP contribution is -2.12. The molecule has 4 nitrogen and oxygen atoms in total. The number of anilines is 1. The number of hydrogen-bond acceptors (Lipinski definition) is 4. The maximum atomic E-state index is 14.0. The van der Waals surface area contributed by atoms with Crippen LogP contribution in [0.25, 0.3) is 0 Å². The topological polar surface area (TPSA) is 58.0 Å². The van der Waals surface area contributed by atoms with E-state index in [4.69, 9.17) is 0 Å². The molecule has 0 saturated carbocycles. The highest BCUT2D eigenvalue weighted by Crippen LogP contribution is 2.30. The molecule has 0 aliphatic heterocycles. The van der Waals surface area contributed by atoms with Crippen molar-refractivity contribution in [3.8, 4) is 5.75 Å². The van der Waals surface area contributed by atoms with Crippen LogP contribution in [0, 0.1) is 12.7 Å². The van der Waals surface area contributed by atoms with Gasteiger partial charge in [0, 0.05) is 5.56 Å². The summed E-state index contributed by atoms with van der Waals surface area (Å²) in [5.74, 6) is -0.614. The third kappa shape index (κ3) is 3.24. The highest BCUT2D eigenvalue weighted by Gasteiger charge is 2.20. The van der Waals surface area contributed by atoms with Gasteiger partial charge in [0.2, 0.25) is 0 Å². The molecule has 2 N–H and O–H groups in total. The molecule has 2 rings (SSSR count). The number of aromatic hydroxyl groups is 1. The second-order valence-electron chi connectivity index (χ2n) is 4.57. The SMILES string of the molecule is Cc1ncc(O)c(N[C@H](C)c2cccc(C(F)F)c2F)n1. The lowest BCUT2D eigenvalue weighted by Gasteiger charge is -2.17. The molecule has 1 aromatic carbocycles. The number of nitrogens with zero attached hydrogens (tertiary/aromatic N) is 2. The minimum Gasteiger partial charge on any atom is -0.503 e. The summed E-state index contributed by atoms with van der Waals surface area (Å²) in [7, 11) is 0. The van der Waals surface area contributed by atoms with Crippen LogP contribution in [-0.2, 0) is 0 Å². The molecular weight excluding hydrogens is 283 g/mol. The van der Waals surface area contributed by atoms with Gasteiger partial charge in [-0.05, 0) is 13.8 Å². The van der Waals surface area contributed by atoms with Gasteiger partial charge in [-0.3, -0.25) is 0 Å². The molecule has 0 spiro atoms. The Kier molecular flexibility index (Phi) is 4.30. The van der Waals surface area contributed by atoms with E-state index in [1.807, 2.05) is 0 Å². The van der Waals surface area contributed by atoms with E-state index in [0.717, 1.165) is 6.07 Å². The first kappa shape index (κ1) is 15.1. The predicted octanol–water partition coefficient (Wildman–Crippen LogP) is 3.74. The number of nitrogens with one attached hydrogen (secondary N) is 1. The van der Waals surface area contributed by atoms with Gasteiger partial charge < -0.3 is 10.4 Å². The van der Waals surface area contributed by atoms with Crippen LogP contribution < -0.4 is 5.32 Å². The molecule has 112 valence electrons. The van der Waals surface area contributed by atoms with Crippen LogP contribution in [0.5, 0.6) is 5.75 Å². The van der Waals surface area contributed by atoms with Crippen molar-refractivity contribution in [3.63, 3.8) is 0 Å². The molecule has 0 fully saturated rings. The quantitative estimate of drug-likeness (QED) is 0.902. The first-order valence-corrected chi connectivity index (χ1v) is 6.25. The molecule has 1 heterocycles. The third-order valence-corrected chi connectivity index (χ3v) is 3.00. The van der Waals surface area contributed by atoms with Gasteiger partial charge in [-0.15, -0.1) is 0 Å². The minimum atomic E-state index is -2.88. The summed E-state index contributed by atoms with van der Waals surface area (Å²) in [6, 6.07) is 3.17. The molecule has 0 unspecified atom stereocenters. The Morgan fingerprint density at radius 1 is 1.24 bits per heavy atom. The Balaban J connectivity index is 2.30. The first-order chi connectivity index (χ1) is 9.90. The molecule has 0 saturated heterocycles. The molecule has 2 aromatic rings. The summed E-state index contributed by atoms with van der Waals surface area (Å²) < 4.78 is 39.4. The molecule has 7 heteroatoms. The number of alkyl halides is 2. The summed E-state index contributed by atoms with van der Waals surface area (Å²) in [6.45, 7) is 3.22. The van der Waals surface area contributed by atoms with E-state index >= 15 is 0 Å². The molecule has 0 aliphatic rings. The maximum absolute atomic E-state index is 14.0. The average molecular weight is 297 g/mol. The van der Waals surface area contributed by atoms with Gasteiger partial charge in [-0.2, -0.15) is 0 Å². The predicted molar refractivity (Wildman–Crippen MR) is 71.8 cm³/mol. The number of hydrogen-bond donors (Lipinski definition) is 2. The highest BCUT2D eigenvalue weighted by atomic mass is 19.3. The van der Waals surface area contributed by atoms with Gasteiger partial charge in [0.15, 0.2) is 11.6 Å². The lowest BCUT2D eigenvalue weighted by atomic mass is 10.0. The normalized spacial score (nSPS) is 12.5. The summed E-state index contributed by atoms with van der Waals surface area (Å²) in [5, 5.41) is 12.4. The van der Waals surface area contributed by atoms with Crippen LogP contribution in [0.15, 0.2) is 24.4 Å². The number of benzene rings is 1. The summed E-state index contributed by atoms with van der Waals surface area (Å²) in [6.07, 6.45) is -1.67. The monoisotopic (exact) mass is 297 g/mol. The Hall–Kier alpha value is -2.31. The zero-order valence-electron chi connectivity index (χ0n) is 11.4. The van der Waals surface area contributed by atoms with E-state index in [1.54, 1.807) is 13.8 Å². The molecule has 0 radical (unpaired) electrons. The number of aryl methyl sites for hydroxylation is 1. The van der Waals surface area contributed by atoms with Gasteiger partial charge in [0.25, 0.3) is 6.43 Å². The molecule has 21 heavy (non-hydrogen) atoms. The Bertz CT molecular complexity index is 649. The fraction of sp³-hybridized carbons (Fsp3) is 0.286. The van der Waals surface area contributed by atoms with E-state index in [0.29, 0.717) is 5.82 Å². The number of halogens is 3.